The molecule has 0 saturated carbocycles. The van der Waals surface area contributed by atoms with Crippen molar-refractivity contribution in [3.8, 4) is 0 Å². The quantitative estimate of drug-likeness (QED) is 0.573. The van der Waals surface area contributed by atoms with Gasteiger partial charge in [-0.2, -0.15) is 0 Å². The molecule has 96 valence electrons. The Balaban J connectivity index is 3.92. The third kappa shape index (κ3) is 5.47. The first-order valence-corrected chi connectivity index (χ1v) is 5.95. The van der Waals surface area contributed by atoms with E-state index in [4.69, 9.17) is 0 Å². The predicted octanol–water partition coefficient (Wildman–Crippen LogP) is 1.04. The van der Waals surface area contributed by atoms with Gasteiger partial charge in [0, 0.05) is 12.1 Å². The number of nitrogens with one attached hydrogen (secondary N) is 2. The van der Waals surface area contributed by atoms with Crippen molar-refractivity contribution >= 4 is 5.91 Å². The van der Waals surface area contributed by atoms with Gasteiger partial charge in [-0.15, -0.1) is 0 Å². The lowest BCUT2D eigenvalue weighted by Crippen LogP contribution is -2.57. The maximum absolute atomic E-state index is 11.4. The highest BCUT2D eigenvalue weighted by Crippen LogP contribution is 2.19. The van der Waals surface area contributed by atoms with E-state index in [1.165, 1.54) is 0 Å². The van der Waals surface area contributed by atoms with E-state index in [1.54, 1.807) is 13.8 Å². The molecule has 4 heteroatoms. The molecule has 0 aliphatic rings. The number of hydrogen-bond acceptors (Lipinski definition) is 3. The highest BCUT2D eigenvalue weighted by molar-refractivity contribution is 5.78. The Labute approximate surface area is 98.8 Å². The smallest absolute Gasteiger partial charge is 0.233 e. The summed E-state index contributed by atoms with van der Waals surface area (Å²) in [5, 5.41) is 15.8. The molecule has 0 aromatic heterocycles. The van der Waals surface area contributed by atoms with Crippen LogP contribution in [0, 0.1) is 0 Å². The molecule has 0 fully saturated rings. The number of hydrogen-bond donors (Lipinski definition) is 3. The van der Waals surface area contributed by atoms with Crippen LogP contribution >= 0.6 is 0 Å². The van der Waals surface area contributed by atoms with Gasteiger partial charge in [-0.25, -0.2) is 0 Å². The highest BCUT2D eigenvalue weighted by Gasteiger charge is 2.34. The van der Waals surface area contributed by atoms with Crippen LogP contribution in [0.2, 0.25) is 0 Å². The first-order chi connectivity index (χ1) is 7.20. The molecule has 0 unspecified atom stereocenters. The maximum Gasteiger partial charge on any atom is 0.233 e. The largest absolute Gasteiger partial charge is 0.389 e. The second-order valence-corrected chi connectivity index (χ2v) is 5.24. The van der Waals surface area contributed by atoms with Crippen molar-refractivity contribution in [2.24, 2.45) is 0 Å². The van der Waals surface area contributed by atoms with Gasteiger partial charge in [0.25, 0.3) is 0 Å². The van der Waals surface area contributed by atoms with E-state index >= 15 is 0 Å². The van der Waals surface area contributed by atoms with E-state index in [9.17, 15) is 9.90 Å². The summed E-state index contributed by atoms with van der Waals surface area (Å²) in [4.78, 5) is 11.4. The number of unbranched alkanes of at least 4 members (excludes halogenated alkanes) is 1. The van der Waals surface area contributed by atoms with Gasteiger partial charge in [-0.3, -0.25) is 4.79 Å². The van der Waals surface area contributed by atoms with Crippen LogP contribution in [0.25, 0.3) is 0 Å². The minimum absolute atomic E-state index is 0.0224. The lowest BCUT2D eigenvalue weighted by atomic mass is 9.86. The summed E-state index contributed by atoms with van der Waals surface area (Å²) in [5.74, 6) is -0.0224. The normalized spacial score (nSPS) is 12.6. The Bertz CT molecular complexity index is 220. The molecule has 0 heterocycles. The molecule has 0 spiro atoms. The molecule has 0 bridgehead atoms. The number of amides is 1. The van der Waals surface area contributed by atoms with Crippen molar-refractivity contribution in [1.82, 2.24) is 10.6 Å². The van der Waals surface area contributed by atoms with Gasteiger partial charge in [-0.05, 0) is 34.1 Å². The number of carbonyl (C=O) groups is 1. The fourth-order valence-corrected chi connectivity index (χ4v) is 0.985. The van der Waals surface area contributed by atoms with Crippen molar-refractivity contribution in [2.45, 2.75) is 58.6 Å². The first-order valence-electron chi connectivity index (χ1n) is 5.95. The lowest BCUT2D eigenvalue weighted by Gasteiger charge is -2.38. The Morgan fingerprint density at radius 3 is 2.25 bits per heavy atom. The molecule has 4 nitrogen and oxygen atoms in total. The molecule has 0 aliphatic heterocycles. The minimum atomic E-state index is -0.864. The Kier molecular flexibility index (Phi) is 5.97. The van der Waals surface area contributed by atoms with Crippen LogP contribution in [0.3, 0.4) is 0 Å². The van der Waals surface area contributed by atoms with Gasteiger partial charge in [0.2, 0.25) is 5.91 Å². The van der Waals surface area contributed by atoms with Crippen molar-refractivity contribution in [1.29, 1.82) is 0 Å². The molecule has 0 saturated heterocycles. The van der Waals surface area contributed by atoms with Crippen LogP contribution in [-0.4, -0.2) is 35.2 Å². The number of carbonyl (C=O) groups excluding carboxylic acids is 1. The molecule has 0 radical (unpaired) electrons. The van der Waals surface area contributed by atoms with Crippen LogP contribution < -0.4 is 10.6 Å². The van der Waals surface area contributed by atoms with Crippen LogP contribution in [0.15, 0.2) is 0 Å². The predicted molar refractivity (Wildman–Crippen MR) is 66.3 cm³/mol. The highest BCUT2D eigenvalue weighted by atomic mass is 16.3. The van der Waals surface area contributed by atoms with Crippen LogP contribution in [0.5, 0.6) is 0 Å². The molecule has 0 rings (SSSR count). The van der Waals surface area contributed by atoms with Gasteiger partial charge in [-0.1, -0.05) is 13.3 Å². The number of aliphatic hydroxyl groups is 1. The van der Waals surface area contributed by atoms with Crippen molar-refractivity contribution in [2.75, 3.05) is 13.1 Å². The van der Waals surface area contributed by atoms with E-state index in [0.717, 1.165) is 19.4 Å². The van der Waals surface area contributed by atoms with E-state index in [1.807, 2.05) is 13.8 Å². The average Bonchev–Trinajstić information content (AvgIpc) is 2.13. The lowest BCUT2D eigenvalue weighted by molar-refractivity contribution is -0.121. The average molecular weight is 230 g/mol. The molecule has 0 aromatic carbocycles. The maximum atomic E-state index is 11.4. The van der Waals surface area contributed by atoms with Gasteiger partial charge in [0.05, 0.1) is 12.1 Å². The third-order valence-corrected chi connectivity index (χ3v) is 3.07. The summed E-state index contributed by atoms with van der Waals surface area (Å²) in [5.41, 5.74) is -1.36. The number of rotatable bonds is 7. The molecule has 16 heavy (non-hydrogen) atoms. The zero-order valence-electron chi connectivity index (χ0n) is 11.2. The standard InChI is InChI=1S/C12H26N2O2/c1-6-7-8-13-10(15)9-14-11(2,3)12(4,5)16/h14,16H,6-9H2,1-5H3,(H,13,15). The van der Waals surface area contributed by atoms with Gasteiger partial charge < -0.3 is 15.7 Å². The van der Waals surface area contributed by atoms with Crippen LogP contribution in [0.4, 0.5) is 0 Å². The van der Waals surface area contributed by atoms with Gasteiger partial charge >= 0.3 is 0 Å². The summed E-state index contributed by atoms with van der Waals surface area (Å²) in [7, 11) is 0. The van der Waals surface area contributed by atoms with Gasteiger partial charge in [0.15, 0.2) is 0 Å². The van der Waals surface area contributed by atoms with E-state index < -0.39 is 11.1 Å². The Morgan fingerprint density at radius 2 is 1.81 bits per heavy atom. The topological polar surface area (TPSA) is 61.4 Å². The second-order valence-electron chi connectivity index (χ2n) is 5.24. The first kappa shape index (κ1) is 15.4. The molecule has 0 aliphatic carbocycles. The molecule has 0 atom stereocenters. The van der Waals surface area contributed by atoms with Crippen LogP contribution in [-0.2, 0) is 4.79 Å². The Morgan fingerprint density at radius 1 is 1.25 bits per heavy atom. The van der Waals surface area contributed by atoms with E-state index in [2.05, 4.69) is 17.6 Å². The van der Waals surface area contributed by atoms with Crippen molar-refractivity contribution in [3.63, 3.8) is 0 Å². The molecule has 0 aromatic rings. The van der Waals surface area contributed by atoms with E-state index in [-0.39, 0.29) is 12.5 Å². The fraction of sp³-hybridized carbons (Fsp3) is 0.917. The van der Waals surface area contributed by atoms with Crippen molar-refractivity contribution in [3.05, 3.63) is 0 Å². The van der Waals surface area contributed by atoms with Crippen molar-refractivity contribution < 1.29 is 9.90 Å². The summed E-state index contributed by atoms with van der Waals surface area (Å²) in [6.45, 7) is 10.3. The molecular weight excluding hydrogens is 204 g/mol. The van der Waals surface area contributed by atoms with E-state index in [0.29, 0.717) is 0 Å². The molecular formula is C12H26N2O2. The molecule has 1 amide bonds. The van der Waals surface area contributed by atoms with Gasteiger partial charge in [0.1, 0.15) is 0 Å². The minimum Gasteiger partial charge on any atom is -0.389 e. The summed E-state index contributed by atoms with van der Waals surface area (Å²) in [6, 6.07) is 0. The second kappa shape index (κ2) is 6.21. The summed E-state index contributed by atoms with van der Waals surface area (Å²) < 4.78 is 0. The Hall–Kier alpha value is -0.610. The fourth-order valence-electron chi connectivity index (χ4n) is 0.985. The van der Waals surface area contributed by atoms with Crippen LogP contribution in [0.1, 0.15) is 47.5 Å². The third-order valence-electron chi connectivity index (χ3n) is 3.07. The summed E-state index contributed by atoms with van der Waals surface area (Å²) >= 11 is 0. The zero-order valence-corrected chi connectivity index (χ0v) is 11.2. The monoisotopic (exact) mass is 230 g/mol. The summed E-state index contributed by atoms with van der Waals surface area (Å²) in [6.07, 6.45) is 2.07. The SMILES string of the molecule is CCCCNC(=O)CNC(C)(C)C(C)(C)O. The zero-order chi connectivity index (χ0) is 12.8. The molecule has 3 N–H and O–H groups in total.